The Kier molecular flexibility index (Phi) is 9.03. The number of amides is 2. The summed E-state index contributed by atoms with van der Waals surface area (Å²) in [5.41, 5.74) is 1.40. The van der Waals surface area contributed by atoms with Crippen molar-refractivity contribution in [1.82, 2.24) is 19.0 Å². The Hall–Kier alpha value is -2.89. The first-order chi connectivity index (χ1) is 18.5. The maximum Gasteiger partial charge on any atom is 0.254 e. The number of sulfonamides is 1. The van der Waals surface area contributed by atoms with Gasteiger partial charge in [0.1, 0.15) is 17.7 Å². The Bertz CT molecular complexity index is 1270. The topological polar surface area (TPSA) is 81.2 Å². The van der Waals surface area contributed by atoms with E-state index in [0.717, 1.165) is 18.2 Å². The zero-order chi connectivity index (χ0) is 28.3. The van der Waals surface area contributed by atoms with Gasteiger partial charge < -0.3 is 14.7 Å². The van der Waals surface area contributed by atoms with Crippen LogP contribution in [0.1, 0.15) is 41.1 Å². The first-order valence-corrected chi connectivity index (χ1v) is 15.0. The highest BCUT2D eigenvalue weighted by molar-refractivity contribution is 7.88. The van der Waals surface area contributed by atoms with E-state index >= 15 is 0 Å². The lowest BCUT2D eigenvalue weighted by atomic mass is 10.1. The second-order valence-electron chi connectivity index (χ2n) is 10.5. The molecule has 4 rings (SSSR count). The average Bonchev–Trinajstić information content (AvgIpc) is 3.71. The fourth-order valence-corrected chi connectivity index (χ4v) is 6.13. The molecule has 0 bridgehead atoms. The van der Waals surface area contributed by atoms with Gasteiger partial charge in [-0.1, -0.05) is 12.1 Å². The summed E-state index contributed by atoms with van der Waals surface area (Å²) in [6.45, 7) is 1.64. The second kappa shape index (κ2) is 12.1. The van der Waals surface area contributed by atoms with E-state index in [2.05, 4.69) is 4.90 Å². The molecule has 1 saturated carbocycles. The van der Waals surface area contributed by atoms with Crippen molar-refractivity contribution >= 4 is 21.8 Å². The number of benzene rings is 2. The number of rotatable bonds is 10. The number of halogens is 2. The minimum Gasteiger partial charge on any atom is -0.338 e. The Balaban J connectivity index is 1.40. The number of carbonyl (C=O) groups excluding carboxylic acids is 2. The van der Waals surface area contributed by atoms with E-state index < -0.39 is 21.9 Å². The molecule has 2 aliphatic rings. The number of nitrogens with zero attached hydrogens (tertiary/aromatic N) is 4. The molecule has 0 radical (unpaired) electrons. The summed E-state index contributed by atoms with van der Waals surface area (Å²) in [7, 11) is 0.269. The molecule has 0 aromatic heterocycles. The van der Waals surface area contributed by atoms with Crippen molar-refractivity contribution in [2.45, 2.75) is 37.3 Å². The van der Waals surface area contributed by atoms with Crippen molar-refractivity contribution in [1.29, 1.82) is 0 Å². The quantitative estimate of drug-likeness (QED) is 0.445. The summed E-state index contributed by atoms with van der Waals surface area (Å²) >= 11 is 0. The number of hydrogen-bond donors (Lipinski definition) is 0. The van der Waals surface area contributed by atoms with Crippen LogP contribution >= 0.6 is 0 Å². The molecule has 0 spiro atoms. The van der Waals surface area contributed by atoms with Gasteiger partial charge in [-0.15, -0.1) is 0 Å². The zero-order valence-corrected chi connectivity index (χ0v) is 23.4. The van der Waals surface area contributed by atoms with Crippen LogP contribution in [0, 0.1) is 11.6 Å². The number of piperazine rings is 1. The van der Waals surface area contributed by atoms with Crippen LogP contribution in [-0.2, 0) is 14.8 Å². The summed E-state index contributed by atoms with van der Waals surface area (Å²) in [6.07, 6.45) is 3.22. The molecule has 8 nitrogen and oxygen atoms in total. The standard InChI is InChI=1S/C28H36F2N4O4S/c1-31(26-19-24(26)20-6-10-22(29)11-7-20)14-4-5-25(32(2)27(35)21-8-12-23(30)13-9-21)28(36)33-15-17-34(18-16-33)39(3,37)38/h6-13,24-26H,4-5,14-19H2,1-3H3/t24-,25-,26?/m0/s1. The molecule has 39 heavy (non-hydrogen) atoms. The third-order valence-corrected chi connectivity index (χ3v) is 9.10. The van der Waals surface area contributed by atoms with Gasteiger partial charge in [0, 0.05) is 50.7 Å². The molecule has 2 aromatic carbocycles. The third kappa shape index (κ3) is 7.20. The van der Waals surface area contributed by atoms with Gasteiger partial charge >= 0.3 is 0 Å². The summed E-state index contributed by atoms with van der Waals surface area (Å²) in [4.78, 5) is 32.1. The largest absolute Gasteiger partial charge is 0.338 e. The Morgan fingerprint density at radius 2 is 1.51 bits per heavy atom. The van der Waals surface area contributed by atoms with E-state index in [0.29, 0.717) is 31.3 Å². The highest BCUT2D eigenvalue weighted by Gasteiger charge is 2.41. The van der Waals surface area contributed by atoms with Gasteiger partial charge in [-0.05, 0) is 74.8 Å². The lowest BCUT2D eigenvalue weighted by Gasteiger charge is -2.37. The molecule has 2 amide bonds. The molecule has 2 aromatic rings. The SMILES string of the molecule is CN(CCC[C@@H](C(=O)N1CCN(S(C)(=O)=O)CC1)N(C)C(=O)c1ccc(F)cc1)C1C[C@H]1c1ccc(F)cc1. The molecule has 1 aliphatic heterocycles. The van der Waals surface area contributed by atoms with Gasteiger partial charge in [0.05, 0.1) is 6.26 Å². The predicted octanol–water partition coefficient (Wildman–Crippen LogP) is 2.78. The lowest BCUT2D eigenvalue weighted by Crippen LogP contribution is -2.56. The summed E-state index contributed by atoms with van der Waals surface area (Å²) in [5, 5.41) is 0. The van der Waals surface area contributed by atoms with Crippen LogP contribution in [0.15, 0.2) is 48.5 Å². The molecular formula is C28H36F2N4O4S. The van der Waals surface area contributed by atoms with Crippen LogP contribution in [-0.4, -0.2) is 104 Å². The molecular weight excluding hydrogens is 526 g/mol. The van der Waals surface area contributed by atoms with E-state index in [-0.39, 0.29) is 49.4 Å². The van der Waals surface area contributed by atoms with Crippen LogP contribution in [0.4, 0.5) is 8.78 Å². The second-order valence-corrected chi connectivity index (χ2v) is 12.5. The smallest absolute Gasteiger partial charge is 0.254 e. The van der Waals surface area contributed by atoms with Gasteiger partial charge in [0.2, 0.25) is 15.9 Å². The molecule has 1 unspecified atom stereocenters. The van der Waals surface area contributed by atoms with Crippen molar-refractivity contribution < 1.29 is 26.8 Å². The number of hydrogen-bond acceptors (Lipinski definition) is 5. The zero-order valence-electron chi connectivity index (χ0n) is 22.6. The molecule has 11 heteroatoms. The lowest BCUT2D eigenvalue weighted by molar-refractivity contribution is -0.137. The molecule has 3 atom stereocenters. The fraction of sp³-hybridized carbons (Fsp3) is 0.500. The maximum atomic E-state index is 13.6. The molecule has 212 valence electrons. The maximum absolute atomic E-state index is 13.6. The van der Waals surface area contributed by atoms with E-state index in [1.165, 1.54) is 45.6 Å². The average molecular weight is 563 g/mol. The Labute approximate surface area is 229 Å². The number of likely N-dealkylation sites (N-methyl/N-ethyl adjacent to an activating group) is 2. The highest BCUT2D eigenvalue weighted by Crippen LogP contribution is 2.44. The van der Waals surface area contributed by atoms with Crippen LogP contribution in [0.25, 0.3) is 0 Å². The van der Waals surface area contributed by atoms with E-state index in [1.807, 2.05) is 19.2 Å². The molecule has 1 aliphatic carbocycles. The predicted molar refractivity (Wildman–Crippen MR) is 145 cm³/mol. The Morgan fingerprint density at radius 1 is 0.949 bits per heavy atom. The fourth-order valence-electron chi connectivity index (χ4n) is 5.31. The monoisotopic (exact) mass is 562 g/mol. The molecule has 0 N–H and O–H groups in total. The van der Waals surface area contributed by atoms with Crippen LogP contribution < -0.4 is 0 Å². The normalized spacial score (nSPS) is 20.6. The van der Waals surface area contributed by atoms with Crippen LogP contribution in [0.5, 0.6) is 0 Å². The van der Waals surface area contributed by atoms with Gasteiger partial charge in [0.25, 0.3) is 5.91 Å². The van der Waals surface area contributed by atoms with Crippen molar-refractivity contribution in [3.63, 3.8) is 0 Å². The Morgan fingerprint density at radius 3 is 2.08 bits per heavy atom. The van der Waals surface area contributed by atoms with Gasteiger partial charge in [-0.2, -0.15) is 4.31 Å². The summed E-state index contributed by atoms with van der Waals surface area (Å²) < 4.78 is 51.8. The minimum absolute atomic E-state index is 0.210. The van der Waals surface area contributed by atoms with Gasteiger partial charge in [-0.25, -0.2) is 17.2 Å². The molecule has 1 saturated heterocycles. The summed E-state index contributed by atoms with van der Waals surface area (Å²) in [6, 6.07) is 11.4. The van der Waals surface area contributed by atoms with E-state index in [1.54, 1.807) is 11.9 Å². The van der Waals surface area contributed by atoms with Crippen LogP contribution in [0.2, 0.25) is 0 Å². The van der Waals surface area contributed by atoms with Crippen LogP contribution in [0.3, 0.4) is 0 Å². The van der Waals surface area contributed by atoms with Gasteiger partial charge in [-0.3, -0.25) is 9.59 Å². The van der Waals surface area contributed by atoms with E-state index in [4.69, 9.17) is 0 Å². The first kappa shape index (κ1) is 29.1. The summed E-state index contributed by atoms with van der Waals surface area (Å²) in [5.74, 6) is -0.957. The van der Waals surface area contributed by atoms with Gasteiger partial charge in [0.15, 0.2) is 0 Å². The van der Waals surface area contributed by atoms with E-state index in [9.17, 15) is 26.8 Å². The molecule has 1 heterocycles. The van der Waals surface area contributed by atoms with Crippen molar-refractivity contribution in [3.05, 3.63) is 71.3 Å². The van der Waals surface area contributed by atoms with Crippen molar-refractivity contribution in [2.75, 3.05) is 53.1 Å². The van der Waals surface area contributed by atoms with Crippen molar-refractivity contribution in [2.24, 2.45) is 0 Å². The third-order valence-electron chi connectivity index (χ3n) is 7.79. The molecule has 2 fully saturated rings. The van der Waals surface area contributed by atoms with Crippen molar-refractivity contribution in [3.8, 4) is 0 Å². The minimum atomic E-state index is -3.34. The highest BCUT2D eigenvalue weighted by atomic mass is 32.2. The number of carbonyl (C=O) groups is 2. The first-order valence-electron chi connectivity index (χ1n) is 13.2.